The molecule has 0 spiro atoms. The van der Waals surface area contributed by atoms with E-state index in [4.69, 9.17) is 10.5 Å². The van der Waals surface area contributed by atoms with Crippen LogP contribution >= 0.6 is 0 Å². The Morgan fingerprint density at radius 3 is 2.50 bits per heavy atom. The first-order valence-electron chi connectivity index (χ1n) is 5.05. The maximum absolute atomic E-state index is 5.78. The van der Waals surface area contributed by atoms with E-state index in [0.717, 1.165) is 19.4 Å². The summed E-state index contributed by atoms with van der Waals surface area (Å²) in [7, 11) is 0. The van der Waals surface area contributed by atoms with E-state index in [1.54, 1.807) is 0 Å². The number of ether oxygens (including phenoxy) is 1. The number of hydrogen-bond acceptors (Lipinski definition) is 2. The SMILES string of the molecule is CC1(COC2CC(N)C2)CCC1. The highest BCUT2D eigenvalue weighted by Crippen LogP contribution is 2.41. The summed E-state index contributed by atoms with van der Waals surface area (Å²) in [5.74, 6) is 0. The molecule has 0 atom stereocenters. The van der Waals surface area contributed by atoms with Gasteiger partial charge in [-0.2, -0.15) is 0 Å². The van der Waals surface area contributed by atoms with Crippen LogP contribution in [0.5, 0.6) is 0 Å². The maximum Gasteiger partial charge on any atom is 0.0604 e. The Bertz CT molecular complexity index is 159. The molecule has 2 heteroatoms. The Labute approximate surface area is 74.5 Å². The molecule has 0 aromatic heterocycles. The molecule has 0 aromatic carbocycles. The van der Waals surface area contributed by atoms with E-state index in [1.807, 2.05) is 0 Å². The molecule has 2 saturated carbocycles. The van der Waals surface area contributed by atoms with Crippen LogP contribution in [-0.4, -0.2) is 18.8 Å². The molecule has 0 aliphatic heterocycles. The van der Waals surface area contributed by atoms with Crippen LogP contribution in [0.1, 0.15) is 39.0 Å². The van der Waals surface area contributed by atoms with Gasteiger partial charge in [-0.3, -0.25) is 0 Å². The number of hydrogen-bond donors (Lipinski definition) is 1. The smallest absolute Gasteiger partial charge is 0.0604 e. The van der Waals surface area contributed by atoms with Crippen molar-refractivity contribution in [3.63, 3.8) is 0 Å². The van der Waals surface area contributed by atoms with Gasteiger partial charge in [-0.25, -0.2) is 0 Å². The van der Waals surface area contributed by atoms with Gasteiger partial charge in [0, 0.05) is 6.04 Å². The third kappa shape index (κ3) is 1.64. The summed E-state index contributed by atoms with van der Waals surface area (Å²) >= 11 is 0. The molecule has 70 valence electrons. The first kappa shape index (κ1) is 8.52. The van der Waals surface area contributed by atoms with E-state index in [-0.39, 0.29) is 0 Å². The van der Waals surface area contributed by atoms with Crippen LogP contribution in [0.4, 0.5) is 0 Å². The fourth-order valence-corrected chi connectivity index (χ4v) is 1.99. The van der Waals surface area contributed by atoms with Crippen LogP contribution < -0.4 is 5.73 Å². The van der Waals surface area contributed by atoms with Crippen LogP contribution in [0.15, 0.2) is 0 Å². The Morgan fingerprint density at radius 1 is 1.42 bits per heavy atom. The fourth-order valence-electron chi connectivity index (χ4n) is 1.99. The van der Waals surface area contributed by atoms with E-state index in [1.165, 1.54) is 19.3 Å². The van der Waals surface area contributed by atoms with Crippen LogP contribution in [0.25, 0.3) is 0 Å². The van der Waals surface area contributed by atoms with Gasteiger partial charge < -0.3 is 10.5 Å². The lowest BCUT2D eigenvalue weighted by atomic mass is 9.71. The first-order chi connectivity index (χ1) is 5.68. The van der Waals surface area contributed by atoms with Gasteiger partial charge in [0.1, 0.15) is 0 Å². The predicted molar refractivity (Wildman–Crippen MR) is 48.9 cm³/mol. The van der Waals surface area contributed by atoms with Crippen molar-refractivity contribution in [3.05, 3.63) is 0 Å². The second kappa shape index (κ2) is 3.00. The van der Waals surface area contributed by atoms with Crippen LogP contribution in [0, 0.1) is 5.41 Å². The maximum atomic E-state index is 5.78. The molecule has 12 heavy (non-hydrogen) atoms. The topological polar surface area (TPSA) is 35.2 Å². The van der Waals surface area contributed by atoms with E-state index >= 15 is 0 Å². The summed E-state index contributed by atoms with van der Waals surface area (Å²) in [5, 5.41) is 0. The molecule has 2 rings (SSSR count). The lowest BCUT2D eigenvalue weighted by Gasteiger charge is -2.41. The highest BCUT2D eigenvalue weighted by atomic mass is 16.5. The Balaban J connectivity index is 1.62. The highest BCUT2D eigenvalue weighted by Gasteiger charge is 2.34. The van der Waals surface area contributed by atoms with Crippen molar-refractivity contribution < 1.29 is 4.74 Å². The molecule has 0 saturated heterocycles. The summed E-state index contributed by atoms with van der Waals surface area (Å²) in [6.07, 6.45) is 6.74. The van der Waals surface area contributed by atoms with Gasteiger partial charge in [-0.05, 0) is 31.1 Å². The summed E-state index contributed by atoms with van der Waals surface area (Å²) in [6, 6.07) is 0.421. The second-order valence-electron chi connectivity index (χ2n) is 4.83. The van der Waals surface area contributed by atoms with E-state index in [0.29, 0.717) is 17.6 Å². The average Bonchev–Trinajstić information content (AvgIpc) is 1.92. The zero-order valence-electron chi connectivity index (χ0n) is 7.88. The highest BCUT2D eigenvalue weighted by molar-refractivity contribution is 4.87. The quantitative estimate of drug-likeness (QED) is 0.697. The molecule has 0 heterocycles. The monoisotopic (exact) mass is 169 g/mol. The number of rotatable bonds is 3. The van der Waals surface area contributed by atoms with Crippen molar-refractivity contribution in [2.24, 2.45) is 11.1 Å². The normalized spacial score (nSPS) is 38.5. The van der Waals surface area contributed by atoms with Gasteiger partial charge >= 0.3 is 0 Å². The Morgan fingerprint density at radius 2 is 2.08 bits per heavy atom. The fraction of sp³-hybridized carbons (Fsp3) is 1.00. The van der Waals surface area contributed by atoms with Crippen LogP contribution in [0.2, 0.25) is 0 Å². The standard InChI is InChI=1S/C10H19NO/c1-10(3-2-4-10)7-12-9-5-8(11)6-9/h8-9H,2-7,11H2,1H3. The summed E-state index contributed by atoms with van der Waals surface area (Å²) in [5.41, 5.74) is 6.19. The second-order valence-corrected chi connectivity index (χ2v) is 4.83. The average molecular weight is 169 g/mol. The third-order valence-electron chi connectivity index (χ3n) is 3.36. The minimum atomic E-state index is 0.421. The predicted octanol–water partition coefficient (Wildman–Crippen LogP) is 1.68. The first-order valence-corrected chi connectivity index (χ1v) is 5.05. The molecule has 0 amide bonds. The van der Waals surface area contributed by atoms with Gasteiger partial charge in [0.25, 0.3) is 0 Å². The molecule has 2 fully saturated rings. The van der Waals surface area contributed by atoms with Gasteiger partial charge in [0.2, 0.25) is 0 Å². The molecule has 0 unspecified atom stereocenters. The van der Waals surface area contributed by atoms with Crippen molar-refractivity contribution in [3.8, 4) is 0 Å². The lowest BCUT2D eigenvalue weighted by molar-refractivity contribution is -0.0694. The zero-order valence-corrected chi connectivity index (χ0v) is 7.88. The van der Waals surface area contributed by atoms with Crippen molar-refractivity contribution in [1.29, 1.82) is 0 Å². The van der Waals surface area contributed by atoms with E-state index in [2.05, 4.69) is 6.92 Å². The van der Waals surface area contributed by atoms with Gasteiger partial charge in [0.15, 0.2) is 0 Å². The largest absolute Gasteiger partial charge is 0.378 e. The lowest BCUT2D eigenvalue weighted by Crippen LogP contribution is -2.44. The summed E-state index contributed by atoms with van der Waals surface area (Å²) < 4.78 is 5.78. The molecule has 0 aromatic rings. The van der Waals surface area contributed by atoms with Crippen molar-refractivity contribution >= 4 is 0 Å². The summed E-state index contributed by atoms with van der Waals surface area (Å²) in [6.45, 7) is 3.29. The zero-order chi connectivity index (χ0) is 8.60. The van der Waals surface area contributed by atoms with Crippen molar-refractivity contribution in [2.45, 2.75) is 51.2 Å². The minimum Gasteiger partial charge on any atom is -0.378 e. The van der Waals surface area contributed by atoms with Crippen molar-refractivity contribution in [2.75, 3.05) is 6.61 Å². The Hall–Kier alpha value is -0.0800. The van der Waals surface area contributed by atoms with Crippen LogP contribution in [0.3, 0.4) is 0 Å². The molecule has 2 aliphatic carbocycles. The van der Waals surface area contributed by atoms with Gasteiger partial charge in [-0.1, -0.05) is 13.3 Å². The molecule has 2 aliphatic rings. The van der Waals surface area contributed by atoms with Gasteiger partial charge in [0.05, 0.1) is 12.7 Å². The summed E-state index contributed by atoms with van der Waals surface area (Å²) in [4.78, 5) is 0. The number of nitrogens with two attached hydrogens (primary N) is 1. The third-order valence-corrected chi connectivity index (χ3v) is 3.36. The van der Waals surface area contributed by atoms with E-state index < -0.39 is 0 Å². The van der Waals surface area contributed by atoms with Gasteiger partial charge in [-0.15, -0.1) is 0 Å². The Kier molecular flexibility index (Phi) is 2.13. The minimum absolute atomic E-state index is 0.421. The molecular formula is C10H19NO. The molecular weight excluding hydrogens is 150 g/mol. The van der Waals surface area contributed by atoms with E-state index in [9.17, 15) is 0 Å². The van der Waals surface area contributed by atoms with Crippen LogP contribution in [-0.2, 0) is 4.74 Å². The molecule has 2 N–H and O–H groups in total. The molecule has 0 bridgehead atoms. The molecule has 0 radical (unpaired) electrons. The molecule has 2 nitrogen and oxygen atoms in total. The van der Waals surface area contributed by atoms with Crippen molar-refractivity contribution in [1.82, 2.24) is 0 Å².